The van der Waals surface area contributed by atoms with E-state index in [0.717, 1.165) is 12.8 Å². The molecule has 7 aromatic carbocycles. The van der Waals surface area contributed by atoms with Crippen LogP contribution in [0.2, 0.25) is 0 Å². The summed E-state index contributed by atoms with van der Waals surface area (Å²) in [5.41, 5.74) is 15.9. The molecule has 11 rings (SSSR count). The summed E-state index contributed by atoms with van der Waals surface area (Å²) in [6.07, 6.45) is 6.83. The third-order valence-corrected chi connectivity index (χ3v) is 12.9. The summed E-state index contributed by atoms with van der Waals surface area (Å²) in [7, 11) is 0. The van der Waals surface area contributed by atoms with Gasteiger partial charge >= 0.3 is 0 Å². The summed E-state index contributed by atoms with van der Waals surface area (Å²) >= 11 is 1.95. The van der Waals surface area contributed by atoms with Crippen LogP contribution in [-0.4, -0.2) is 4.57 Å². The summed E-state index contributed by atoms with van der Waals surface area (Å²) in [5.74, 6) is 0. The highest BCUT2D eigenvalue weighted by Crippen LogP contribution is 2.51. The molecule has 0 N–H and O–H groups in total. The van der Waals surface area contributed by atoms with Crippen LogP contribution in [0.5, 0.6) is 0 Å². The summed E-state index contributed by atoms with van der Waals surface area (Å²) in [6.45, 7) is 4.74. The molecule has 0 amide bonds. The molecule has 9 aromatic rings. The molecule has 0 fully saturated rings. The lowest BCUT2D eigenvalue weighted by Crippen LogP contribution is -2.14. The fourth-order valence-electron chi connectivity index (χ4n) is 9.20. The molecular weight excluding hydrogens is 635 g/mol. The Labute approximate surface area is 301 Å². The predicted octanol–water partition coefficient (Wildman–Crippen LogP) is 13.8. The van der Waals surface area contributed by atoms with Gasteiger partial charge in [-0.05, 0) is 99.3 Å². The lowest BCUT2D eigenvalue weighted by atomic mass is 9.81. The molecule has 2 heterocycles. The molecule has 1 nitrogen and oxygen atoms in total. The fraction of sp³-hybridized carbons (Fsp3) is 0.102. The minimum atomic E-state index is -0.0268. The number of rotatable bonds is 3. The summed E-state index contributed by atoms with van der Waals surface area (Å²) in [5, 5.41) is 6.85. The number of aryl methyl sites for hydroxylation is 1. The number of fused-ring (bicyclic) bond motifs is 13. The fourth-order valence-corrected chi connectivity index (χ4v) is 10.4. The van der Waals surface area contributed by atoms with Crippen molar-refractivity contribution in [1.29, 1.82) is 0 Å². The van der Waals surface area contributed by atoms with E-state index in [1.807, 2.05) is 11.3 Å². The van der Waals surface area contributed by atoms with Crippen LogP contribution in [-0.2, 0) is 11.8 Å². The van der Waals surface area contributed by atoms with Crippen LogP contribution in [0, 0.1) is 0 Å². The van der Waals surface area contributed by atoms with Gasteiger partial charge < -0.3 is 4.57 Å². The van der Waals surface area contributed by atoms with E-state index in [2.05, 4.69) is 170 Å². The highest BCUT2D eigenvalue weighted by atomic mass is 32.1. The molecule has 2 aromatic heterocycles. The van der Waals surface area contributed by atoms with Gasteiger partial charge in [-0.15, -0.1) is 11.3 Å². The third kappa shape index (κ3) is 4.08. The Morgan fingerprint density at radius 1 is 0.569 bits per heavy atom. The number of hydrogen-bond donors (Lipinski definition) is 0. The standard InChI is InChI=1S/C49H35NS/c1-49(2)41-18-10-8-14-35(41)36-26-22-33(29-42(36)49)32-23-27-44-40(28-32)46-45-39-17-9-11-19-43(39)50(47(45)37-15-6-7-16-38(37)48(46)51-44)34-24-20-31(21-25-34)30-12-4-3-5-13-30/h3-8,10-16,18-29H,9,17H2,1-2H3. The average molecular weight is 670 g/mol. The van der Waals surface area contributed by atoms with E-state index >= 15 is 0 Å². The Morgan fingerprint density at radius 2 is 1.25 bits per heavy atom. The second-order valence-electron chi connectivity index (χ2n) is 14.8. The number of allylic oxidation sites excluding steroid dienone is 1. The van der Waals surface area contributed by atoms with Crippen LogP contribution in [0.4, 0.5) is 0 Å². The molecule has 2 heteroatoms. The maximum absolute atomic E-state index is 2.55. The lowest BCUT2D eigenvalue weighted by Gasteiger charge is -2.22. The molecule has 0 spiro atoms. The second-order valence-corrected chi connectivity index (χ2v) is 15.8. The van der Waals surface area contributed by atoms with E-state index in [9.17, 15) is 0 Å². The monoisotopic (exact) mass is 669 g/mol. The Morgan fingerprint density at radius 3 is 2.12 bits per heavy atom. The van der Waals surface area contributed by atoms with Crippen molar-refractivity contribution in [3.05, 3.63) is 168 Å². The van der Waals surface area contributed by atoms with Gasteiger partial charge in [-0.3, -0.25) is 0 Å². The van der Waals surface area contributed by atoms with Gasteiger partial charge in [-0.1, -0.05) is 129 Å². The second kappa shape index (κ2) is 10.7. The number of nitrogens with zero attached hydrogens (tertiary/aromatic N) is 1. The van der Waals surface area contributed by atoms with Crippen molar-refractivity contribution >= 4 is 59.3 Å². The normalized spacial score (nSPS) is 14.4. The molecule has 2 aliphatic rings. The van der Waals surface area contributed by atoms with Crippen molar-refractivity contribution < 1.29 is 0 Å². The Hall–Kier alpha value is -5.70. The summed E-state index contributed by atoms with van der Waals surface area (Å²) in [6, 6.07) is 52.2. The zero-order valence-electron chi connectivity index (χ0n) is 28.7. The van der Waals surface area contributed by atoms with E-state index < -0.39 is 0 Å². The van der Waals surface area contributed by atoms with Crippen molar-refractivity contribution in [2.45, 2.75) is 32.1 Å². The third-order valence-electron chi connectivity index (χ3n) is 11.7. The number of aromatic nitrogens is 1. The van der Waals surface area contributed by atoms with Crippen LogP contribution < -0.4 is 0 Å². The number of benzene rings is 7. The molecule has 51 heavy (non-hydrogen) atoms. The van der Waals surface area contributed by atoms with Gasteiger partial charge in [0.25, 0.3) is 0 Å². The maximum atomic E-state index is 2.55. The van der Waals surface area contributed by atoms with Crippen molar-refractivity contribution in [1.82, 2.24) is 4.57 Å². The highest BCUT2D eigenvalue weighted by Gasteiger charge is 2.35. The first-order chi connectivity index (χ1) is 25.1. The van der Waals surface area contributed by atoms with Gasteiger partial charge in [0, 0.05) is 53.1 Å². The van der Waals surface area contributed by atoms with E-state index in [1.54, 1.807) is 0 Å². The SMILES string of the molecule is CC1(C)c2ccccc2-c2ccc(-c3ccc4sc5c6ccccc6c6c(c7c(n6-c6ccc(-c8ccccc8)cc6)C=CCC7)c5c4c3)cc21. The molecule has 0 saturated heterocycles. The molecule has 0 unspecified atom stereocenters. The number of thiophene rings is 1. The first-order valence-corrected chi connectivity index (χ1v) is 18.9. The zero-order valence-corrected chi connectivity index (χ0v) is 29.5. The molecule has 0 bridgehead atoms. The van der Waals surface area contributed by atoms with Gasteiger partial charge in [-0.25, -0.2) is 0 Å². The van der Waals surface area contributed by atoms with E-state index in [1.165, 1.54) is 103 Å². The van der Waals surface area contributed by atoms with E-state index in [0.29, 0.717) is 0 Å². The quantitative estimate of drug-likeness (QED) is 0.176. The van der Waals surface area contributed by atoms with Crippen LogP contribution in [0.15, 0.2) is 146 Å². The van der Waals surface area contributed by atoms with Gasteiger partial charge in [0.15, 0.2) is 0 Å². The van der Waals surface area contributed by atoms with E-state index in [4.69, 9.17) is 0 Å². The van der Waals surface area contributed by atoms with Crippen LogP contribution in [0.1, 0.15) is 42.7 Å². The Kier molecular flexibility index (Phi) is 6.07. The maximum Gasteiger partial charge on any atom is 0.0623 e. The first-order valence-electron chi connectivity index (χ1n) is 18.1. The van der Waals surface area contributed by atoms with Crippen LogP contribution in [0.3, 0.4) is 0 Å². The van der Waals surface area contributed by atoms with Crippen molar-refractivity contribution in [2.24, 2.45) is 0 Å². The highest BCUT2D eigenvalue weighted by molar-refractivity contribution is 7.27. The van der Waals surface area contributed by atoms with Gasteiger partial charge in [-0.2, -0.15) is 0 Å². The molecular formula is C49H35NS. The van der Waals surface area contributed by atoms with Crippen molar-refractivity contribution in [3.63, 3.8) is 0 Å². The minimum absolute atomic E-state index is 0.0268. The average Bonchev–Trinajstić information content (AvgIpc) is 3.81. The topological polar surface area (TPSA) is 4.93 Å². The lowest BCUT2D eigenvalue weighted by molar-refractivity contribution is 0.660. The summed E-state index contributed by atoms with van der Waals surface area (Å²) in [4.78, 5) is 0. The van der Waals surface area contributed by atoms with Crippen molar-refractivity contribution in [2.75, 3.05) is 0 Å². The van der Waals surface area contributed by atoms with Crippen molar-refractivity contribution in [3.8, 4) is 39.1 Å². The molecule has 2 aliphatic carbocycles. The molecule has 0 saturated carbocycles. The Balaban J connectivity index is 1.17. The van der Waals surface area contributed by atoms with Gasteiger partial charge in [0.1, 0.15) is 0 Å². The van der Waals surface area contributed by atoms with Gasteiger partial charge in [0.05, 0.1) is 5.52 Å². The molecule has 0 radical (unpaired) electrons. The largest absolute Gasteiger partial charge is 0.309 e. The van der Waals surface area contributed by atoms with Gasteiger partial charge in [0.2, 0.25) is 0 Å². The van der Waals surface area contributed by atoms with Crippen LogP contribution in [0.25, 0.3) is 87.0 Å². The Bertz CT molecular complexity index is 2920. The first kappa shape index (κ1) is 29.1. The molecule has 242 valence electrons. The molecule has 0 aliphatic heterocycles. The smallest absolute Gasteiger partial charge is 0.0623 e. The predicted molar refractivity (Wildman–Crippen MR) is 219 cm³/mol. The summed E-state index contributed by atoms with van der Waals surface area (Å²) < 4.78 is 5.29. The van der Waals surface area contributed by atoms with E-state index in [-0.39, 0.29) is 5.41 Å². The van der Waals surface area contributed by atoms with Crippen LogP contribution >= 0.6 is 11.3 Å². The molecule has 0 atom stereocenters. The zero-order chi connectivity index (χ0) is 33.8. The minimum Gasteiger partial charge on any atom is -0.309 e. The number of hydrogen-bond acceptors (Lipinski definition) is 1.